The highest BCUT2D eigenvalue weighted by Crippen LogP contribution is 2.23. The lowest BCUT2D eigenvalue weighted by Gasteiger charge is -2.32. The molecule has 1 heterocycles. The predicted octanol–water partition coefficient (Wildman–Crippen LogP) is 3.21. The Morgan fingerprint density at radius 1 is 1.07 bits per heavy atom. The average molecular weight is 398 g/mol. The number of nitro groups is 2. The van der Waals surface area contributed by atoms with Crippen molar-refractivity contribution in [1.82, 2.24) is 10.2 Å². The Balaban J connectivity index is 1.59. The number of nitrogens with one attached hydrogen (secondary N) is 1. The number of carbonyl (C=O) groups is 1. The van der Waals surface area contributed by atoms with Gasteiger partial charge in [0.15, 0.2) is 0 Å². The molecule has 0 atom stereocenters. The van der Waals surface area contributed by atoms with Gasteiger partial charge in [0, 0.05) is 37.8 Å². The Bertz CT molecular complexity index is 906. The van der Waals surface area contributed by atoms with Gasteiger partial charge in [-0.1, -0.05) is 29.8 Å². The van der Waals surface area contributed by atoms with Crippen LogP contribution in [0.4, 0.5) is 11.4 Å². The third-order valence-corrected chi connectivity index (χ3v) is 5.00. The first-order valence-corrected chi connectivity index (χ1v) is 9.34. The third kappa shape index (κ3) is 5.35. The summed E-state index contributed by atoms with van der Waals surface area (Å²) in [4.78, 5) is 35.3. The molecule has 3 rings (SSSR count). The molecule has 1 saturated heterocycles. The van der Waals surface area contributed by atoms with E-state index in [0.29, 0.717) is 0 Å². The molecule has 0 saturated carbocycles. The van der Waals surface area contributed by atoms with Crippen LogP contribution in [-0.4, -0.2) is 39.8 Å². The van der Waals surface area contributed by atoms with Gasteiger partial charge in [0.25, 0.3) is 17.3 Å². The summed E-state index contributed by atoms with van der Waals surface area (Å²) in [6.07, 6.45) is 1.49. The van der Waals surface area contributed by atoms with E-state index in [9.17, 15) is 25.0 Å². The van der Waals surface area contributed by atoms with Crippen LogP contribution in [0, 0.1) is 27.2 Å². The van der Waals surface area contributed by atoms with E-state index in [2.05, 4.69) is 35.3 Å². The molecule has 2 aromatic carbocycles. The molecule has 0 unspecified atom stereocenters. The van der Waals surface area contributed by atoms with E-state index in [1.165, 1.54) is 11.1 Å². The number of non-ortho nitro benzene ring substituents is 2. The van der Waals surface area contributed by atoms with E-state index in [1.54, 1.807) is 0 Å². The van der Waals surface area contributed by atoms with Crippen LogP contribution >= 0.6 is 0 Å². The molecular formula is C20H22N4O5. The summed E-state index contributed by atoms with van der Waals surface area (Å²) >= 11 is 0. The van der Waals surface area contributed by atoms with Gasteiger partial charge >= 0.3 is 0 Å². The summed E-state index contributed by atoms with van der Waals surface area (Å²) in [5.74, 6) is -0.533. The summed E-state index contributed by atoms with van der Waals surface area (Å²) in [5, 5.41) is 24.8. The standard InChI is InChI=1S/C20H22N4O5/c1-14-3-2-4-15(9-14)13-22-7-5-17(6-8-22)21-20(25)16-10-18(23(26)27)12-19(11-16)24(28)29/h2-4,9-12,17H,5-8,13H2,1H3,(H,21,25). The second kappa shape index (κ2) is 8.78. The molecule has 0 aromatic heterocycles. The monoisotopic (exact) mass is 398 g/mol. The Hall–Kier alpha value is -3.33. The van der Waals surface area contributed by atoms with Crippen molar-refractivity contribution in [2.24, 2.45) is 0 Å². The lowest BCUT2D eigenvalue weighted by atomic mass is 10.0. The average Bonchev–Trinajstić information content (AvgIpc) is 2.69. The van der Waals surface area contributed by atoms with Crippen molar-refractivity contribution < 1.29 is 14.6 Å². The molecule has 9 nitrogen and oxygen atoms in total. The first-order valence-electron chi connectivity index (χ1n) is 9.34. The predicted molar refractivity (Wildman–Crippen MR) is 107 cm³/mol. The fraction of sp³-hybridized carbons (Fsp3) is 0.350. The highest BCUT2D eigenvalue weighted by atomic mass is 16.6. The van der Waals surface area contributed by atoms with Crippen LogP contribution in [0.1, 0.15) is 34.3 Å². The molecule has 0 aliphatic carbocycles. The van der Waals surface area contributed by atoms with Crippen LogP contribution in [0.5, 0.6) is 0 Å². The summed E-state index contributed by atoms with van der Waals surface area (Å²) in [5.41, 5.74) is 1.44. The minimum atomic E-state index is -0.742. The number of benzene rings is 2. The first-order chi connectivity index (χ1) is 13.8. The van der Waals surface area contributed by atoms with E-state index in [0.717, 1.165) is 50.7 Å². The van der Waals surface area contributed by atoms with E-state index < -0.39 is 27.1 Å². The highest BCUT2D eigenvalue weighted by Gasteiger charge is 2.24. The number of nitrogens with zero attached hydrogens (tertiary/aromatic N) is 3. The Labute approximate surface area is 167 Å². The second-order valence-electron chi connectivity index (χ2n) is 7.27. The minimum Gasteiger partial charge on any atom is -0.349 e. The van der Waals surface area contributed by atoms with Gasteiger partial charge in [0.1, 0.15) is 0 Å². The van der Waals surface area contributed by atoms with Crippen molar-refractivity contribution in [3.8, 4) is 0 Å². The molecule has 1 amide bonds. The van der Waals surface area contributed by atoms with Gasteiger partial charge in [-0.25, -0.2) is 0 Å². The first kappa shape index (κ1) is 20.4. The van der Waals surface area contributed by atoms with Crippen LogP contribution in [0.3, 0.4) is 0 Å². The van der Waals surface area contributed by atoms with Gasteiger partial charge in [-0.15, -0.1) is 0 Å². The SMILES string of the molecule is Cc1cccc(CN2CCC(NC(=O)c3cc([N+](=O)[O-])cc([N+](=O)[O-])c3)CC2)c1. The van der Waals surface area contributed by atoms with Gasteiger partial charge in [-0.3, -0.25) is 29.9 Å². The van der Waals surface area contributed by atoms with E-state index in [1.807, 2.05) is 6.07 Å². The molecule has 0 spiro atoms. The Morgan fingerprint density at radius 3 is 2.24 bits per heavy atom. The zero-order valence-electron chi connectivity index (χ0n) is 16.0. The van der Waals surface area contributed by atoms with E-state index >= 15 is 0 Å². The van der Waals surface area contributed by atoms with Gasteiger partial charge in [-0.05, 0) is 25.3 Å². The minimum absolute atomic E-state index is 0.0745. The summed E-state index contributed by atoms with van der Waals surface area (Å²) in [6, 6.07) is 11.2. The van der Waals surface area contributed by atoms with Crippen LogP contribution in [0.2, 0.25) is 0 Å². The van der Waals surface area contributed by atoms with Crippen LogP contribution in [-0.2, 0) is 6.54 Å². The Kier molecular flexibility index (Phi) is 6.18. The largest absolute Gasteiger partial charge is 0.349 e. The molecule has 0 bridgehead atoms. The van der Waals surface area contributed by atoms with E-state index in [4.69, 9.17) is 0 Å². The molecule has 2 aromatic rings. The summed E-state index contributed by atoms with van der Waals surface area (Å²) in [7, 11) is 0. The zero-order valence-corrected chi connectivity index (χ0v) is 16.0. The summed E-state index contributed by atoms with van der Waals surface area (Å²) in [6.45, 7) is 4.53. The highest BCUT2D eigenvalue weighted by molar-refractivity contribution is 5.95. The molecule has 1 N–H and O–H groups in total. The molecule has 0 radical (unpaired) electrons. The number of rotatable bonds is 6. The summed E-state index contributed by atoms with van der Waals surface area (Å²) < 4.78 is 0. The van der Waals surface area contributed by atoms with Gasteiger partial charge in [-0.2, -0.15) is 0 Å². The fourth-order valence-electron chi connectivity index (χ4n) is 3.51. The number of carbonyl (C=O) groups excluding carboxylic acids is 1. The molecule has 1 fully saturated rings. The molecule has 1 aliphatic rings. The van der Waals surface area contributed by atoms with Crippen molar-refractivity contribution >= 4 is 17.3 Å². The van der Waals surface area contributed by atoms with Crippen molar-refractivity contribution in [3.63, 3.8) is 0 Å². The maximum atomic E-state index is 12.5. The number of piperidine rings is 1. The normalized spacial score (nSPS) is 15.1. The zero-order chi connectivity index (χ0) is 21.0. The number of amides is 1. The second-order valence-corrected chi connectivity index (χ2v) is 7.27. The molecule has 1 aliphatic heterocycles. The fourth-order valence-corrected chi connectivity index (χ4v) is 3.51. The quantitative estimate of drug-likeness (QED) is 0.589. The number of hydrogen-bond donors (Lipinski definition) is 1. The van der Waals surface area contributed by atoms with Crippen LogP contribution in [0.25, 0.3) is 0 Å². The number of aryl methyl sites for hydroxylation is 1. The molecule has 9 heteroatoms. The number of hydrogen-bond acceptors (Lipinski definition) is 6. The number of likely N-dealkylation sites (tertiary alicyclic amines) is 1. The van der Waals surface area contributed by atoms with Gasteiger partial charge in [0.2, 0.25) is 0 Å². The molecular weight excluding hydrogens is 376 g/mol. The third-order valence-electron chi connectivity index (χ3n) is 5.00. The lowest BCUT2D eigenvalue weighted by Crippen LogP contribution is -2.44. The van der Waals surface area contributed by atoms with Crippen molar-refractivity contribution in [3.05, 3.63) is 79.4 Å². The topological polar surface area (TPSA) is 119 Å². The smallest absolute Gasteiger partial charge is 0.277 e. The van der Waals surface area contributed by atoms with Crippen molar-refractivity contribution in [2.75, 3.05) is 13.1 Å². The van der Waals surface area contributed by atoms with E-state index in [-0.39, 0.29) is 11.6 Å². The Morgan fingerprint density at radius 2 is 1.69 bits per heavy atom. The number of nitro benzene ring substituents is 2. The van der Waals surface area contributed by atoms with Crippen molar-refractivity contribution in [2.45, 2.75) is 32.4 Å². The lowest BCUT2D eigenvalue weighted by molar-refractivity contribution is -0.394. The molecule has 152 valence electrons. The maximum Gasteiger partial charge on any atom is 0.277 e. The van der Waals surface area contributed by atoms with Gasteiger partial charge < -0.3 is 5.32 Å². The van der Waals surface area contributed by atoms with Crippen LogP contribution < -0.4 is 5.32 Å². The van der Waals surface area contributed by atoms with Gasteiger partial charge in [0.05, 0.1) is 21.5 Å². The molecule has 29 heavy (non-hydrogen) atoms. The van der Waals surface area contributed by atoms with Crippen molar-refractivity contribution in [1.29, 1.82) is 0 Å². The maximum absolute atomic E-state index is 12.5. The van der Waals surface area contributed by atoms with Crippen LogP contribution in [0.15, 0.2) is 42.5 Å².